The van der Waals surface area contributed by atoms with Gasteiger partial charge in [-0.2, -0.15) is 0 Å². The van der Waals surface area contributed by atoms with E-state index in [2.05, 4.69) is 13.8 Å². The Kier molecular flexibility index (Phi) is 3.40. The maximum atomic E-state index is 12.2. The number of carbonyl (C=O) groups excluding carboxylic acids is 2. The number of carbonyl (C=O) groups is 2. The van der Waals surface area contributed by atoms with Crippen LogP contribution >= 0.6 is 0 Å². The molecule has 3 rings (SSSR count). The summed E-state index contributed by atoms with van der Waals surface area (Å²) in [4.78, 5) is 24.3. The summed E-state index contributed by atoms with van der Waals surface area (Å²) in [7, 11) is 2.76. The third-order valence-electron chi connectivity index (χ3n) is 6.57. The molecule has 0 heterocycles. The molecule has 0 aromatic carbocycles. The fourth-order valence-electron chi connectivity index (χ4n) is 5.62. The molecule has 2 fully saturated rings. The molecule has 22 heavy (non-hydrogen) atoms. The highest BCUT2D eigenvalue weighted by atomic mass is 16.5. The smallest absolute Gasteiger partial charge is 0.333 e. The molecule has 1 spiro atoms. The van der Waals surface area contributed by atoms with Crippen LogP contribution in [-0.4, -0.2) is 37.4 Å². The van der Waals surface area contributed by atoms with E-state index in [9.17, 15) is 14.7 Å². The van der Waals surface area contributed by atoms with Crippen molar-refractivity contribution in [2.45, 2.75) is 39.2 Å². The van der Waals surface area contributed by atoms with Crippen molar-refractivity contribution in [3.8, 4) is 0 Å². The van der Waals surface area contributed by atoms with Gasteiger partial charge in [0, 0.05) is 11.0 Å². The minimum absolute atomic E-state index is 0.0146. The van der Waals surface area contributed by atoms with E-state index in [1.165, 1.54) is 14.2 Å². The van der Waals surface area contributed by atoms with E-state index < -0.39 is 11.5 Å². The molecule has 5 nitrogen and oxygen atoms in total. The van der Waals surface area contributed by atoms with E-state index in [0.717, 1.165) is 12.8 Å². The van der Waals surface area contributed by atoms with E-state index >= 15 is 0 Å². The molecule has 0 amide bonds. The Morgan fingerprint density at radius 3 is 2.50 bits per heavy atom. The first-order chi connectivity index (χ1) is 10.3. The number of hydrogen-bond acceptors (Lipinski definition) is 5. The van der Waals surface area contributed by atoms with Crippen molar-refractivity contribution in [3.05, 3.63) is 11.6 Å². The number of hydrogen-bond donors (Lipinski definition) is 1. The summed E-state index contributed by atoms with van der Waals surface area (Å²) in [5, 5.41) is 10.8. The van der Waals surface area contributed by atoms with Gasteiger partial charge in [-0.15, -0.1) is 0 Å². The quantitative estimate of drug-likeness (QED) is 0.786. The van der Waals surface area contributed by atoms with Crippen LogP contribution in [0.5, 0.6) is 0 Å². The molecule has 3 aliphatic carbocycles. The van der Waals surface area contributed by atoms with Gasteiger partial charge in [0.15, 0.2) is 0 Å². The maximum Gasteiger partial charge on any atom is 0.333 e. The highest BCUT2D eigenvalue weighted by Crippen LogP contribution is 2.71. The van der Waals surface area contributed by atoms with Crippen molar-refractivity contribution in [2.24, 2.45) is 28.6 Å². The van der Waals surface area contributed by atoms with Gasteiger partial charge in [0.25, 0.3) is 0 Å². The van der Waals surface area contributed by atoms with Gasteiger partial charge in [-0.05, 0) is 42.6 Å². The van der Waals surface area contributed by atoms with Crippen LogP contribution in [0.25, 0.3) is 0 Å². The second-order valence-electron chi connectivity index (χ2n) is 7.45. The van der Waals surface area contributed by atoms with Crippen LogP contribution in [0.15, 0.2) is 11.6 Å². The van der Waals surface area contributed by atoms with Gasteiger partial charge >= 0.3 is 11.9 Å². The predicted molar refractivity (Wildman–Crippen MR) is 78.7 cm³/mol. The Hall–Kier alpha value is -1.36. The van der Waals surface area contributed by atoms with Crippen LogP contribution < -0.4 is 0 Å². The zero-order valence-electron chi connectivity index (χ0n) is 13.6. The van der Waals surface area contributed by atoms with E-state index in [4.69, 9.17) is 9.47 Å². The Labute approximate surface area is 130 Å². The second-order valence-corrected chi connectivity index (χ2v) is 7.45. The highest BCUT2D eigenvalue weighted by molar-refractivity contribution is 5.90. The molecule has 2 saturated carbocycles. The fraction of sp³-hybridized carbons (Fsp3) is 0.765. The molecule has 0 saturated heterocycles. The summed E-state index contributed by atoms with van der Waals surface area (Å²) >= 11 is 0. The Balaban J connectivity index is 2.10. The highest BCUT2D eigenvalue weighted by Gasteiger charge is 2.70. The summed E-state index contributed by atoms with van der Waals surface area (Å²) in [6, 6.07) is 0. The van der Waals surface area contributed by atoms with Crippen LogP contribution in [0.4, 0.5) is 0 Å². The zero-order chi connectivity index (χ0) is 16.3. The molecule has 122 valence electrons. The fourth-order valence-corrected chi connectivity index (χ4v) is 5.62. The standard InChI is InChI=1S/C17H24O5/c1-16(2)11-8-17(13(18)7-9(11)14(19)21-3)10(15(20)22-4)5-6-12(16)17/h7,10-13,18H,5-6,8H2,1-4H3/t10-,11+,12+,13+,17-/m1/s1. The molecule has 0 unspecified atom stereocenters. The first kappa shape index (κ1) is 15.5. The predicted octanol–water partition coefficient (Wildman–Crippen LogP) is 1.69. The number of ether oxygens (including phenoxy) is 2. The van der Waals surface area contributed by atoms with E-state index in [1.54, 1.807) is 6.08 Å². The molecular formula is C17H24O5. The molecule has 0 aromatic heterocycles. The van der Waals surface area contributed by atoms with Crippen molar-refractivity contribution in [1.29, 1.82) is 0 Å². The number of aliphatic hydroxyl groups excluding tert-OH is 1. The normalized spacial score (nSPS) is 41.6. The van der Waals surface area contributed by atoms with Gasteiger partial charge in [-0.25, -0.2) is 4.79 Å². The lowest BCUT2D eigenvalue weighted by molar-refractivity contribution is -0.153. The van der Waals surface area contributed by atoms with Gasteiger partial charge in [0.2, 0.25) is 0 Å². The Morgan fingerprint density at radius 2 is 1.91 bits per heavy atom. The first-order valence-electron chi connectivity index (χ1n) is 7.86. The maximum absolute atomic E-state index is 12.2. The number of methoxy groups -OCH3 is 2. The molecule has 5 atom stereocenters. The van der Waals surface area contributed by atoms with Crippen molar-refractivity contribution < 1.29 is 24.2 Å². The lowest BCUT2D eigenvalue weighted by Crippen LogP contribution is -2.45. The van der Waals surface area contributed by atoms with Gasteiger partial charge in [0.1, 0.15) is 0 Å². The molecular weight excluding hydrogens is 284 g/mol. The minimum Gasteiger partial charge on any atom is -0.469 e. The number of rotatable bonds is 2. The van der Waals surface area contributed by atoms with Crippen molar-refractivity contribution in [3.63, 3.8) is 0 Å². The zero-order valence-corrected chi connectivity index (χ0v) is 13.6. The van der Waals surface area contributed by atoms with E-state index in [0.29, 0.717) is 12.0 Å². The van der Waals surface area contributed by atoms with Crippen molar-refractivity contribution in [1.82, 2.24) is 0 Å². The third kappa shape index (κ3) is 1.69. The summed E-state index contributed by atoms with van der Waals surface area (Å²) in [6.07, 6.45) is 3.08. The SMILES string of the molecule is COC(=O)C1=C[C@H](O)[C@@]23C[C@@H]1C(C)(C)[C@@H]2CC[C@@H]3C(=O)OC. The van der Waals surface area contributed by atoms with Crippen LogP contribution in [0.2, 0.25) is 0 Å². The lowest BCUT2D eigenvalue weighted by Gasteiger charge is -2.40. The van der Waals surface area contributed by atoms with Gasteiger partial charge in [0.05, 0.1) is 26.2 Å². The van der Waals surface area contributed by atoms with Gasteiger partial charge < -0.3 is 14.6 Å². The summed E-state index contributed by atoms with van der Waals surface area (Å²) in [5.74, 6) is -0.699. The molecule has 2 bridgehead atoms. The lowest BCUT2D eigenvalue weighted by atomic mass is 9.65. The second kappa shape index (κ2) is 4.82. The van der Waals surface area contributed by atoms with Gasteiger partial charge in [-0.1, -0.05) is 13.8 Å². The molecule has 5 heteroatoms. The average Bonchev–Trinajstić information content (AvgIpc) is 2.96. The van der Waals surface area contributed by atoms with Crippen molar-refractivity contribution in [2.75, 3.05) is 14.2 Å². The third-order valence-corrected chi connectivity index (χ3v) is 6.57. The average molecular weight is 308 g/mol. The topological polar surface area (TPSA) is 72.8 Å². The van der Waals surface area contributed by atoms with Gasteiger partial charge in [-0.3, -0.25) is 4.79 Å². The summed E-state index contributed by atoms with van der Waals surface area (Å²) in [6.45, 7) is 4.27. The molecule has 0 aromatic rings. The number of fused-ring (bicyclic) bond motifs is 1. The Bertz CT molecular complexity index is 549. The number of esters is 2. The largest absolute Gasteiger partial charge is 0.469 e. The van der Waals surface area contributed by atoms with E-state index in [1.807, 2.05) is 0 Å². The molecule has 0 radical (unpaired) electrons. The monoisotopic (exact) mass is 308 g/mol. The molecule has 3 aliphatic rings. The van der Waals surface area contributed by atoms with Crippen LogP contribution in [0, 0.1) is 28.6 Å². The summed E-state index contributed by atoms with van der Waals surface area (Å²) in [5.41, 5.74) is -0.0948. The summed E-state index contributed by atoms with van der Waals surface area (Å²) < 4.78 is 9.87. The van der Waals surface area contributed by atoms with Crippen LogP contribution in [0.1, 0.15) is 33.1 Å². The first-order valence-corrected chi connectivity index (χ1v) is 7.86. The number of aliphatic hydroxyl groups is 1. The van der Waals surface area contributed by atoms with E-state index in [-0.39, 0.29) is 35.1 Å². The molecule has 1 N–H and O–H groups in total. The van der Waals surface area contributed by atoms with Crippen LogP contribution in [0.3, 0.4) is 0 Å². The van der Waals surface area contributed by atoms with Crippen molar-refractivity contribution >= 4 is 11.9 Å². The Morgan fingerprint density at radius 1 is 1.23 bits per heavy atom. The minimum atomic E-state index is -0.809. The molecule has 0 aliphatic heterocycles. The van der Waals surface area contributed by atoms with Crippen LogP contribution in [-0.2, 0) is 19.1 Å².